The normalized spacial score (nSPS) is 27.4. The van der Waals surface area contributed by atoms with Crippen molar-refractivity contribution in [2.45, 2.75) is 32.1 Å². The highest BCUT2D eigenvalue weighted by Crippen LogP contribution is 2.64. The van der Waals surface area contributed by atoms with E-state index in [0.29, 0.717) is 12.1 Å². The van der Waals surface area contributed by atoms with Gasteiger partial charge in [0, 0.05) is 30.8 Å². The van der Waals surface area contributed by atoms with Crippen LogP contribution in [-0.4, -0.2) is 16.3 Å². The third-order valence-electron chi connectivity index (χ3n) is 3.84. The quantitative estimate of drug-likeness (QED) is 0.861. The molecule has 1 aliphatic carbocycles. The van der Waals surface area contributed by atoms with Crippen molar-refractivity contribution in [2.24, 2.45) is 18.2 Å². The molecule has 3 nitrogen and oxygen atoms in total. The highest BCUT2D eigenvalue weighted by Gasteiger charge is 2.62. The summed E-state index contributed by atoms with van der Waals surface area (Å²) >= 11 is 0. The minimum Gasteiger partial charge on any atom is -0.330 e. The number of nitrogens with two attached hydrogens (primary N) is 1. The molecule has 0 saturated heterocycles. The van der Waals surface area contributed by atoms with Crippen molar-refractivity contribution in [1.82, 2.24) is 9.78 Å². The van der Waals surface area contributed by atoms with E-state index in [0.717, 1.165) is 6.42 Å². The van der Waals surface area contributed by atoms with Gasteiger partial charge in [-0.2, -0.15) is 5.10 Å². The Bertz CT molecular complexity index is 411. The van der Waals surface area contributed by atoms with E-state index in [-0.39, 0.29) is 16.5 Å². The standard InChI is InChI=1S/C11H17F2N3/c1-10(2)5-11(10,6-14)7-4-16(3)15-8(7)9(12)13/h4,9H,5-6,14H2,1-3H3. The second kappa shape index (κ2) is 3.26. The Kier molecular flexibility index (Phi) is 2.35. The van der Waals surface area contributed by atoms with Crippen LogP contribution in [0.5, 0.6) is 0 Å². The van der Waals surface area contributed by atoms with Crippen LogP contribution in [0.4, 0.5) is 8.78 Å². The molecule has 2 N–H and O–H groups in total. The summed E-state index contributed by atoms with van der Waals surface area (Å²) in [7, 11) is 1.66. The van der Waals surface area contributed by atoms with Gasteiger partial charge < -0.3 is 5.73 Å². The number of hydrogen-bond acceptors (Lipinski definition) is 2. The minimum atomic E-state index is -2.53. The van der Waals surface area contributed by atoms with Gasteiger partial charge in [0.05, 0.1) is 0 Å². The lowest BCUT2D eigenvalue weighted by atomic mass is 9.88. The van der Waals surface area contributed by atoms with Crippen LogP contribution in [0.3, 0.4) is 0 Å². The first kappa shape index (κ1) is 11.5. The van der Waals surface area contributed by atoms with E-state index in [2.05, 4.69) is 18.9 Å². The fourth-order valence-corrected chi connectivity index (χ4v) is 2.66. The van der Waals surface area contributed by atoms with Crippen LogP contribution in [0.15, 0.2) is 6.20 Å². The van der Waals surface area contributed by atoms with Crippen LogP contribution in [0, 0.1) is 5.41 Å². The molecule has 90 valence electrons. The molecule has 0 spiro atoms. The maximum absolute atomic E-state index is 12.9. The molecule has 1 unspecified atom stereocenters. The van der Waals surface area contributed by atoms with Crippen molar-refractivity contribution in [3.8, 4) is 0 Å². The molecule has 1 atom stereocenters. The number of halogens is 2. The van der Waals surface area contributed by atoms with E-state index in [9.17, 15) is 8.78 Å². The zero-order chi connectivity index (χ0) is 12.1. The van der Waals surface area contributed by atoms with E-state index >= 15 is 0 Å². The molecule has 2 rings (SSSR count). The van der Waals surface area contributed by atoms with Crippen LogP contribution in [0.2, 0.25) is 0 Å². The van der Waals surface area contributed by atoms with E-state index in [1.165, 1.54) is 4.68 Å². The third-order valence-corrected chi connectivity index (χ3v) is 3.84. The molecule has 1 aromatic rings. The molecule has 0 aromatic carbocycles. The maximum Gasteiger partial charge on any atom is 0.282 e. The van der Waals surface area contributed by atoms with Gasteiger partial charge in [0.2, 0.25) is 0 Å². The Balaban J connectivity index is 2.48. The molecule has 0 radical (unpaired) electrons. The van der Waals surface area contributed by atoms with Gasteiger partial charge in [-0.15, -0.1) is 0 Å². The second-order valence-corrected chi connectivity index (χ2v) is 5.25. The van der Waals surface area contributed by atoms with Crippen LogP contribution in [0.1, 0.15) is 38.0 Å². The van der Waals surface area contributed by atoms with Crippen LogP contribution in [0.25, 0.3) is 0 Å². The van der Waals surface area contributed by atoms with Gasteiger partial charge in [0.1, 0.15) is 5.69 Å². The molecule has 1 aliphatic rings. The number of aromatic nitrogens is 2. The Hall–Kier alpha value is -0.970. The Morgan fingerprint density at radius 3 is 2.50 bits per heavy atom. The van der Waals surface area contributed by atoms with Gasteiger partial charge >= 0.3 is 0 Å². The summed E-state index contributed by atoms with van der Waals surface area (Å²) in [5, 5.41) is 3.84. The minimum absolute atomic E-state index is 0.00553. The predicted octanol–water partition coefficient (Wildman–Crippen LogP) is 1.98. The predicted molar refractivity (Wildman–Crippen MR) is 57.3 cm³/mol. The number of hydrogen-bond donors (Lipinski definition) is 1. The zero-order valence-corrected chi connectivity index (χ0v) is 9.80. The van der Waals surface area contributed by atoms with E-state index in [1.807, 2.05) is 0 Å². The lowest BCUT2D eigenvalue weighted by Gasteiger charge is -2.18. The van der Waals surface area contributed by atoms with E-state index in [1.54, 1.807) is 13.2 Å². The topological polar surface area (TPSA) is 43.8 Å². The summed E-state index contributed by atoms with van der Waals surface area (Å²) in [6, 6.07) is 0. The maximum atomic E-state index is 12.9. The Labute approximate surface area is 93.6 Å². The fourth-order valence-electron chi connectivity index (χ4n) is 2.66. The summed E-state index contributed by atoms with van der Waals surface area (Å²) in [6.07, 6.45) is 0.00130. The summed E-state index contributed by atoms with van der Waals surface area (Å²) in [5.74, 6) is 0. The number of aryl methyl sites for hydroxylation is 1. The van der Waals surface area contributed by atoms with Crippen LogP contribution < -0.4 is 5.73 Å². The lowest BCUT2D eigenvalue weighted by Crippen LogP contribution is -2.26. The first-order valence-electron chi connectivity index (χ1n) is 5.36. The van der Waals surface area contributed by atoms with Crippen molar-refractivity contribution in [3.05, 3.63) is 17.5 Å². The Morgan fingerprint density at radius 1 is 1.56 bits per heavy atom. The SMILES string of the molecule is Cn1cc(C2(CN)CC2(C)C)c(C(F)F)n1. The van der Waals surface area contributed by atoms with Crippen molar-refractivity contribution in [3.63, 3.8) is 0 Å². The van der Waals surface area contributed by atoms with Crippen LogP contribution in [-0.2, 0) is 12.5 Å². The smallest absolute Gasteiger partial charge is 0.282 e. The fraction of sp³-hybridized carbons (Fsp3) is 0.727. The highest BCUT2D eigenvalue weighted by molar-refractivity contribution is 5.39. The molecule has 0 amide bonds. The van der Waals surface area contributed by atoms with Gasteiger partial charge in [0.25, 0.3) is 6.43 Å². The highest BCUT2D eigenvalue weighted by atomic mass is 19.3. The van der Waals surface area contributed by atoms with E-state index in [4.69, 9.17) is 5.73 Å². The van der Waals surface area contributed by atoms with Gasteiger partial charge in [0.15, 0.2) is 0 Å². The molecule has 1 heterocycles. The third kappa shape index (κ3) is 1.38. The zero-order valence-electron chi connectivity index (χ0n) is 9.80. The van der Waals surface area contributed by atoms with Crippen LogP contribution >= 0.6 is 0 Å². The molecule has 0 aliphatic heterocycles. The summed E-state index contributed by atoms with van der Waals surface area (Å²) in [6.45, 7) is 4.51. The van der Waals surface area contributed by atoms with E-state index < -0.39 is 6.43 Å². The number of rotatable bonds is 3. The average molecular weight is 229 g/mol. The van der Waals surface area contributed by atoms with Gasteiger partial charge in [-0.3, -0.25) is 4.68 Å². The monoisotopic (exact) mass is 229 g/mol. The van der Waals surface area contributed by atoms with Crippen molar-refractivity contribution < 1.29 is 8.78 Å². The first-order chi connectivity index (χ1) is 7.34. The largest absolute Gasteiger partial charge is 0.330 e. The summed E-state index contributed by atoms with van der Waals surface area (Å²) < 4.78 is 27.2. The van der Waals surface area contributed by atoms with Crippen molar-refractivity contribution in [2.75, 3.05) is 6.54 Å². The first-order valence-corrected chi connectivity index (χ1v) is 5.36. The molecule has 5 heteroatoms. The van der Waals surface area contributed by atoms with Gasteiger partial charge in [-0.1, -0.05) is 13.8 Å². The lowest BCUT2D eigenvalue weighted by molar-refractivity contribution is 0.143. The Morgan fingerprint density at radius 2 is 2.12 bits per heavy atom. The average Bonchev–Trinajstić information content (AvgIpc) is 2.54. The number of nitrogens with zero attached hydrogens (tertiary/aromatic N) is 2. The molecule has 1 fully saturated rings. The molecule has 1 saturated carbocycles. The van der Waals surface area contributed by atoms with Crippen molar-refractivity contribution >= 4 is 0 Å². The number of alkyl halides is 2. The molecular formula is C11H17F2N3. The van der Waals surface area contributed by atoms with Gasteiger partial charge in [-0.05, 0) is 11.8 Å². The second-order valence-electron chi connectivity index (χ2n) is 5.25. The van der Waals surface area contributed by atoms with Crippen molar-refractivity contribution in [1.29, 1.82) is 0 Å². The molecule has 0 bridgehead atoms. The molecule has 16 heavy (non-hydrogen) atoms. The van der Waals surface area contributed by atoms with Gasteiger partial charge in [-0.25, -0.2) is 8.78 Å². The summed E-state index contributed by atoms with van der Waals surface area (Å²) in [5.41, 5.74) is 5.97. The summed E-state index contributed by atoms with van der Waals surface area (Å²) in [4.78, 5) is 0. The molecular weight excluding hydrogens is 212 g/mol. The molecule has 1 aromatic heterocycles.